The first-order valence-electron chi connectivity index (χ1n) is 13.6. The Kier molecular flexibility index (Phi) is 9.69. The fourth-order valence-electron chi connectivity index (χ4n) is 4.74. The summed E-state index contributed by atoms with van der Waals surface area (Å²) in [5.74, 6) is -1.62. The van der Waals surface area contributed by atoms with Gasteiger partial charge in [0.25, 0.3) is 5.91 Å². The van der Waals surface area contributed by atoms with Crippen LogP contribution in [-0.4, -0.2) is 60.0 Å². The number of hydrogen-bond donors (Lipinski definition) is 4. The number of rotatable bonds is 5. The van der Waals surface area contributed by atoms with Crippen molar-refractivity contribution < 1.29 is 28.3 Å². The van der Waals surface area contributed by atoms with Crippen molar-refractivity contribution in [3.63, 3.8) is 0 Å². The van der Waals surface area contributed by atoms with Crippen LogP contribution in [0.2, 0.25) is 0 Å². The van der Waals surface area contributed by atoms with Crippen molar-refractivity contribution in [3.8, 4) is 0 Å². The Morgan fingerprint density at radius 2 is 1.85 bits per heavy atom. The van der Waals surface area contributed by atoms with Crippen molar-refractivity contribution in [3.05, 3.63) is 53.7 Å². The van der Waals surface area contributed by atoms with Crippen molar-refractivity contribution in [1.82, 2.24) is 26.3 Å². The molecule has 4 amide bonds. The zero-order valence-electron chi connectivity index (χ0n) is 22.4. The van der Waals surface area contributed by atoms with Crippen molar-refractivity contribution in [1.29, 1.82) is 0 Å². The molecule has 39 heavy (non-hydrogen) atoms. The van der Waals surface area contributed by atoms with Crippen LogP contribution in [-0.2, 0) is 25.5 Å². The Balaban J connectivity index is 1.58. The van der Waals surface area contributed by atoms with Gasteiger partial charge in [-0.05, 0) is 43.6 Å². The number of hydrogen-bond acceptors (Lipinski definition) is 7. The molecule has 2 aliphatic heterocycles. The molecule has 0 saturated carbocycles. The van der Waals surface area contributed by atoms with Crippen LogP contribution in [0.15, 0.2) is 41.0 Å². The molecule has 11 heteroatoms. The van der Waals surface area contributed by atoms with Gasteiger partial charge in [-0.25, -0.2) is 4.98 Å². The summed E-state index contributed by atoms with van der Waals surface area (Å²) in [6.07, 6.45) is 3.96. The van der Waals surface area contributed by atoms with E-state index in [-0.39, 0.29) is 29.3 Å². The monoisotopic (exact) mass is 539 g/mol. The molecule has 4 rings (SSSR count). The van der Waals surface area contributed by atoms with E-state index in [1.807, 2.05) is 44.2 Å². The van der Waals surface area contributed by atoms with E-state index in [4.69, 9.17) is 9.15 Å². The quantitative estimate of drug-likeness (QED) is 0.452. The lowest BCUT2D eigenvalue weighted by atomic mass is 10.00. The van der Waals surface area contributed by atoms with E-state index >= 15 is 0 Å². The van der Waals surface area contributed by atoms with E-state index in [9.17, 15) is 19.2 Å². The van der Waals surface area contributed by atoms with Crippen LogP contribution in [0.3, 0.4) is 0 Å². The van der Waals surface area contributed by atoms with E-state index in [1.54, 1.807) is 0 Å². The summed E-state index contributed by atoms with van der Waals surface area (Å²) in [5.41, 5.74) is 1.06. The molecular weight excluding hydrogens is 502 g/mol. The average molecular weight is 540 g/mol. The molecular formula is C28H37N5O6. The number of fused-ring (bicyclic) bond motifs is 2. The molecule has 1 saturated heterocycles. The van der Waals surface area contributed by atoms with Gasteiger partial charge in [-0.3, -0.25) is 19.2 Å². The summed E-state index contributed by atoms with van der Waals surface area (Å²) in [6.45, 7) is 4.55. The molecule has 3 heterocycles. The SMILES string of the molecule is CC(C)[C@@H]1NC(=O)[C@@H](NC(=O)[C@@H]2CCCO2)CCCCNC(=O)c2coc(n2)[C@@H](Cc2ccccc2)NC1=O. The molecule has 1 aromatic carbocycles. The minimum Gasteiger partial charge on any atom is -0.446 e. The first-order chi connectivity index (χ1) is 18.8. The molecule has 210 valence electrons. The number of nitrogens with one attached hydrogen (secondary N) is 4. The van der Waals surface area contributed by atoms with Crippen LogP contribution >= 0.6 is 0 Å². The molecule has 0 spiro atoms. The minimum absolute atomic E-state index is 0.125. The molecule has 0 radical (unpaired) electrons. The highest BCUT2D eigenvalue weighted by atomic mass is 16.5. The topological polar surface area (TPSA) is 152 Å². The third-order valence-corrected chi connectivity index (χ3v) is 6.96. The van der Waals surface area contributed by atoms with E-state index in [0.29, 0.717) is 45.3 Å². The van der Waals surface area contributed by atoms with E-state index in [0.717, 1.165) is 12.0 Å². The van der Waals surface area contributed by atoms with Gasteiger partial charge in [-0.2, -0.15) is 0 Å². The number of amides is 4. The average Bonchev–Trinajstić information content (AvgIpc) is 3.63. The first kappa shape index (κ1) is 28.3. The van der Waals surface area contributed by atoms with Gasteiger partial charge in [0.15, 0.2) is 5.69 Å². The molecule has 11 nitrogen and oxygen atoms in total. The van der Waals surface area contributed by atoms with Gasteiger partial charge >= 0.3 is 0 Å². The number of ether oxygens (including phenoxy) is 1. The Hall–Kier alpha value is -3.73. The number of aromatic nitrogens is 1. The molecule has 0 unspecified atom stereocenters. The van der Waals surface area contributed by atoms with E-state index in [1.165, 1.54) is 6.26 Å². The van der Waals surface area contributed by atoms with Crippen LogP contribution in [0, 0.1) is 5.92 Å². The second kappa shape index (κ2) is 13.4. The predicted molar refractivity (Wildman–Crippen MR) is 141 cm³/mol. The fourth-order valence-corrected chi connectivity index (χ4v) is 4.74. The normalized spacial score (nSPS) is 25.1. The predicted octanol–water partition coefficient (Wildman–Crippen LogP) is 1.79. The summed E-state index contributed by atoms with van der Waals surface area (Å²) in [5, 5.41) is 11.4. The maximum atomic E-state index is 13.5. The highest BCUT2D eigenvalue weighted by molar-refractivity contribution is 5.93. The molecule has 0 aliphatic carbocycles. The Labute approximate surface area is 227 Å². The van der Waals surface area contributed by atoms with Crippen molar-refractivity contribution in [2.45, 2.75) is 76.6 Å². The highest BCUT2D eigenvalue weighted by Crippen LogP contribution is 2.20. The van der Waals surface area contributed by atoms with Gasteiger partial charge in [0, 0.05) is 19.6 Å². The Morgan fingerprint density at radius 1 is 1.05 bits per heavy atom. The van der Waals surface area contributed by atoms with Gasteiger partial charge in [0.05, 0.1) is 0 Å². The molecule has 2 aromatic rings. The second-order valence-electron chi connectivity index (χ2n) is 10.4. The Morgan fingerprint density at radius 3 is 2.56 bits per heavy atom. The van der Waals surface area contributed by atoms with Crippen molar-refractivity contribution >= 4 is 23.6 Å². The number of oxazole rings is 1. The Bertz CT molecular complexity index is 1140. The lowest BCUT2D eigenvalue weighted by Crippen LogP contribution is -2.56. The van der Waals surface area contributed by atoms with Crippen molar-refractivity contribution in [2.75, 3.05) is 13.2 Å². The molecule has 4 N–H and O–H groups in total. The van der Waals surface area contributed by atoms with Crippen LogP contribution in [0.5, 0.6) is 0 Å². The third-order valence-electron chi connectivity index (χ3n) is 6.96. The molecule has 2 aliphatic rings. The van der Waals surface area contributed by atoms with E-state index < -0.39 is 36.0 Å². The van der Waals surface area contributed by atoms with Gasteiger partial charge in [0.2, 0.25) is 23.6 Å². The summed E-state index contributed by atoms with van der Waals surface area (Å²) < 4.78 is 11.1. The molecule has 1 fully saturated rings. The zero-order valence-corrected chi connectivity index (χ0v) is 22.4. The van der Waals surface area contributed by atoms with Crippen LogP contribution in [0.25, 0.3) is 0 Å². The number of benzene rings is 1. The lowest BCUT2D eigenvalue weighted by molar-refractivity contribution is -0.136. The van der Waals surface area contributed by atoms with Crippen LogP contribution in [0.4, 0.5) is 0 Å². The lowest BCUT2D eigenvalue weighted by Gasteiger charge is -2.27. The zero-order chi connectivity index (χ0) is 27.8. The van der Waals surface area contributed by atoms with Crippen molar-refractivity contribution in [2.24, 2.45) is 5.92 Å². The second-order valence-corrected chi connectivity index (χ2v) is 10.4. The molecule has 1 aromatic heterocycles. The van der Waals surface area contributed by atoms with Gasteiger partial charge < -0.3 is 30.4 Å². The van der Waals surface area contributed by atoms with Gasteiger partial charge in [-0.15, -0.1) is 0 Å². The maximum absolute atomic E-state index is 13.5. The molecule has 4 atom stereocenters. The standard InChI is InChI=1S/C28H37N5O6/c1-17(2)23-27(37)31-20(15-18-9-4-3-5-10-18)28-32-21(16-39-28)24(34)29-13-7-6-11-19(25(35)33-23)30-26(36)22-12-8-14-38-22/h3-5,9-10,16-17,19-20,22-23H,6-8,11-15H2,1-2H3,(H,29,34)(H,30,36)(H,31,37)(H,33,35)/t19-,20+,22-,23-/m0/s1. The smallest absolute Gasteiger partial charge is 0.273 e. The number of nitrogens with zero attached hydrogens (tertiary/aromatic N) is 1. The number of carbonyl (C=O) groups is 4. The summed E-state index contributed by atoms with van der Waals surface area (Å²) in [7, 11) is 0. The first-order valence-corrected chi connectivity index (χ1v) is 13.6. The number of carbonyl (C=O) groups excluding carboxylic acids is 4. The summed E-state index contributed by atoms with van der Waals surface area (Å²) in [4.78, 5) is 56.7. The van der Waals surface area contributed by atoms with Crippen LogP contribution in [0.1, 0.15) is 73.9 Å². The fraction of sp³-hybridized carbons (Fsp3) is 0.536. The van der Waals surface area contributed by atoms with Gasteiger partial charge in [-0.1, -0.05) is 44.2 Å². The highest BCUT2D eigenvalue weighted by Gasteiger charge is 2.33. The maximum Gasteiger partial charge on any atom is 0.273 e. The third kappa shape index (κ3) is 7.66. The van der Waals surface area contributed by atoms with E-state index in [2.05, 4.69) is 26.3 Å². The summed E-state index contributed by atoms with van der Waals surface area (Å²) in [6, 6.07) is 7.13. The van der Waals surface area contributed by atoms with Gasteiger partial charge in [0.1, 0.15) is 30.5 Å². The molecule has 2 bridgehead atoms. The minimum atomic E-state index is -0.872. The summed E-state index contributed by atoms with van der Waals surface area (Å²) >= 11 is 0. The largest absolute Gasteiger partial charge is 0.446 e. The van der Waals surface area contributed by atoms with Crippen LogP contribution < -0.4 is 21.3 Å².